The van der Waals surface area contributed by atoms with Gasteiger partial charge < -0.3 is 14.6 Å². The largest absolute Gasteiger partial charge is 0.495 e. The van der Waals surface area contributed by atoms with Crippen LogP contribution in [0.5, 0.6) is 5.75 Å². The summed E-state index contributed by atoms with van der Waals surface area (Å²) in [5, 5.41) is 22.7. The Balaban J connectivity index is 1.49. The molecule has 1 amide bonds. The van der Waals surface area contributed by atoms with Crippen LogP contribution in [-0.4, -0.2) is 38.0 Å². The average molecular weight is 403 g/mol. The summed E-state index contributed by atoms with van der Waals surface area (Å²) in [6.45, 7) is 1.78. The molecule has 0 spiro atoms. The number of hydrogen-bond donors (Lipinski definition) is 1. The summed E-state index contributed by atoms with van der Waals surface area (Å²) in [6, 6.07) is 4.55. The smallest absolute Gasteiger partial charge is 0.271 e. The van der Waals surface area contributed by atoms with E-state index in [1.807, 2.05) is 0 Å². The van der Waals surface area contributed by atoms with Crippen LogP contribution in [0.2, 0.25) is 0 Å². The standard InChI is InChI=1S/C18H21N5O4S/c1-10(17(24)19-14-9-13(23(25)26)7-8-15(14)27-2)28-18-21-20-16(11-3-4-11)22(18)12-5-6-12/h7-12H,3-6H2,1-2H3,(H,19,24)/t10-/m1/s1. The zero-order valence-corrected chi connectivity index (χ0v) is 16.4. The van der Waals surface area contributed by atoms with Crippen molar-refractivity contribution in [2.45, 2.75) is 55.0 Å². The number of anilines is 1. The number of rotatable bonds is 8. The highest BCUT2D eigenvalue weighted by atomic mass is 32.2. The number of amides is 1. The molecule has 1 N–H and O–H groups in total. The maximum Gasteiger partial charge on any atom is 0.271 e. The molecule has 1 aromatic carbocycles. The van der Waals surface area contributed by atoms with Gasteiger partial charge >= 0.3 is 0 Å². The number of ether oxygens (including phenoxy) is 1. The molecule has 2 saturated carbocycles. The molecular formula is C18H21N5O4S. The molecule has 2 aliphatic carbocycles. The highest BCUT2D eigenvalue weighted by molar-refractivity contribution is 8.00. The van der Waals surface area contributed by atoms with E-state index in [0.29, 0.717) is 17.7 Å². The van der Waals surface area contributed by atoms with E-state index in [-0.39, 0.29) is 17.3 Å². The Hall–Kier alpha value is -2.62. The van der Waals surface area contributed by atoms with Crippen molar-refractivity contribution >= 4 is 29.0 Å². The molecule has 2 fully saturated rings. The highest BCUT2D eigenvalue weighted by Gasteiger charge is 2.37. The van der Waals surface area contributed by atoms with E-state index in [2.05, 4.69) is 20.1 Å². The predicted octanol–water partition coefficient (Wildman–Crippen LogP) is 3.53. The minimum absolute atomic E-state index is 0.112. The molecule has 1 heterocycles. The molecule has 2 aliphatic rings. The van der Waals surface area contributed by atoms with Crippen molar-refractivity contribution in [1.29, 1.82) is 0 Å². The first kappa shape index (κ1) is 18.7. The van der Waals surface area contributed by atoms with Gasteiger partial charge in [0.05, 0.1) is 23.0 Å². The summed E-state index contributed by atoms with van der Waals surface area (Å²) < 4.78 is 7.40. The molecule has 148 valence electrons. The monoisotopic (exact) mass is 403 g/mol. The zero-order chi connectivity index (χ0) is 19.8. The van der Waals surface area contributed by atoms with Crippen molar-refractivity contribution in [3.8, 4) is 5.75 Å². The molecule has 0 bridgehead atoms. The first-order valence-electron chi connectivity index (χ1n) is 9.22. The van der Waals surface area contributed by atoms with E-state index in [1.54, 1.807) is 6.92 Å². The highest BCUT2D eigenvalue weighted by Crippen LogP contribution is 2.46. The molecule has 0 aliphatic heterocycles. The van der Waals surface area contributed by atoms with Crippen LogP contribution in [0.25, 0.3) is 0 Å². The fourth-order valence-corrected chi connectivity index (χ4v) is 3.94. The molecule has 9 nitrogen and oxygen atoms in total. The number of nitro groups is 1. The minimum atomic E-state index is -0.509. The Morgan fingerprint density at radius 3 is 2.71 bits per heavy atom. The van der Waals surface area contributed by atoms with E-state index in [0.717, 1.165) is 36.7 Å². The molecular weight excluding hydrogens is 382 g/mol. The van der Waals surface area contributed by atoms with Crippen LogP contribution in [-0.2, 0) is 4.79 Å². The fourth-order valence-electron chi connectivity index (χ4n) is 3.02. The van der Waals surface area contributed by atoms with Crippen LogP contribution >= 0.6 is 11.8 Å². The van der Waals surface area contributed by atoms with E-state index in [4.69, 9.17) is 4.74 Å². The van der Waals surface area contributed by atoms with Crippen LogP contribution < -0.4 is 10.1 Å². The average Bonchev–Trinajstić information content (AvgIpc) is 3.60. The number of methoxy groups -OCH3 is 1. The van der Waals surface area contributed by atoms with Crippen molar-refractivity contribution in [3.63, 3.8) is 0 Å². The summed E-state index contributed by atoms with van der Waals surface area (Å²) in [5.74, 6) is 1.63. The summed E-state index contributed by atoms with van der Waals surface area (Å²) in [4.78, 5) is 23.2. The van der Waals surface area contributed by atoms with Gasteiger partial charge in [-0.25, -0.2) is 0 Å². The van der Waals surface area contributed by atoms with Gasteiger partial charge in [-0.3, -0.25) is 14.9 Å². The lowest BCUT2D eigenvalue weighted by Gasteiger charge is -2.14. The van der Waals surface area contributed by atoms with Crippen LogP contribution in [0.3, 0.4) is 0 Å². The molecule has 0 radical (unpaired) electrons. The maximum absolute atomic E-state index is 12.7. The normalized spacial score (nSPS) is 17.2. The summed E-state index contributed by atoms with van der Waals surface area (Å²) in [6.07, 6.45) is 4.55. The van der Waals surface area contributed by atoms with Crippen molar-refractivity contribution in [1.82, 2.24) is 14.8 Å². The number of carbonyl (C=O) groups is 1. The van der Waals surface area contributed by atoms with Crippen LogP contribution in [0.1, 0.15) is 50.4 Å². The van der Waals surface area contributed by atoms with Gasteiger partial charge in [-0.15, -0.1) is 10.2 Å². The third kappa shape index (κ3) is 3.82. The minimum Gasteiger partial charge on any atom is -0.495 e. The summed E-state index contributed by atoms with van der Waals surface area (Å²) in [5.41, 5.74) is 0.162. The third-order valence-corrected chi connectivity index (χ3v) is 5.91. The number of thioether (sulfide) groups is 1. The molecule has 4 rings (SSSR count). The van der Waals surface area contributed by atoms with E-state index in [9.17, 15) is 14.9 Å². The van der Waals surface area contributed by atoms with Crippen molar-refractivity contribution < 1.29 is 14.5 Å². The molecule has 1 atom stereocenters. The number of hydrogen-bond acceptors (Lipinski definition) is 7. The zero-order valence-electron chi connectivity index (χ0n) is 15.6. The van der Waals surface area contributed by atoms with Crippen molar-refractivity contribution in [3.05, 3.63) is 34.1 Å². The lowest BCUT2D eigenvalue weighted by Crippen LogP contribution is -2.23. The molecule has 0 unspecified atom stereocenters. The fraction of sp³-hybridized carbons (Fsp3) is 0.500. The van der Waals surface area contributed by atoms with Gasteiger partial charge in [-0.1, -0.05) is 11.8 Å². The van der Waals surface area contributed by atoms with Gasteiger partial charge in [0.1, 0.15) is 11.6 Å². The van der Waals surface area contributed by atoms with Gasteiger partial charge in [0.25, 0.3) is 5.69 Å². The van der Waals surface area contributed by atoms with Gasteiger partial charge in [0.2, 0.25) is 5.91 Å². The quantitative estimate of drug-likeness (QED) is 0.407. The van der Waals surface area contributed by atoms with Crippen LogP contribution in [0.15, 0.2) is 23.4 Å². The predicted molar refractivity (Wildman–Crippen MR) is 104 cm³/mol. The Morgan fingerprint density at radius 2 is 2.11 bits per heavy atom. The number of nitrogens with zero attached hydrogens (tertiary/aromatic N) is 4. The maximum atomic E-state index is 12.7. The van der Waals surface area contributed by atoms with Crippen LogP contribution in [0, 0.1) is 10.1 Å². The molecule has 28 heavy (non-hydrogen) atoms. The number of non-ortho nitro benzene ring substituents is 1. The molecule has 1 aromatic heterocycles. The second kappa shape index (κ2) is 7.42. The summed E-state index contributed by atoms with van der Waals surface area (Å²) in [7, 11) is 1.45. The summed E-state index contributed by atoms with van der Waals surface area (Å²) >= 11 is 1.36. The molecule has 10 heteroatoms. The Bertz CT molecular complexity index is 923. The first-order valence-corrected chi connectivity index (χ1v) is 10.1. The lowest BCUT2D eigenvalue weighted by atomic mass is 10.2. The van der Waals surface area contributed by atoms with Gasteiger partial charge in [0, 0.05) is 24.1 Å². The topological polar surface area (TPSA) is 112 Å². The van der Waals surface area contributed by atoms with E-state index < -0.39 is 10.2 Å². The first-order chi connectivity index (χ1) is 13.5. The lowest BCUT2D eigenvalue weighted by molar-refractivity contribution is -0.384. The number of aromatic nitrogens is 3. The van der Waals surface area contributed by atoms with Gasteiger partial charge in [0.15, 0.2) is 5.16 Å². The van der Waals surface area contributed by atoms with Gasteiger partial charge in [-0.2, -0.15) is 0 Å². The third-order valence-electron chi connectivity index (χ3n) is 4.85. The van der Waals surface area contributed by atoms with Crippen LogP contribution in [0.4, 0.5) is 11.4 Å². The molecule has 0 saturated heterocycles. The Morgan fingerprint density at radius 1 is 1.36 bits per heavy atom. The second-order valence-corrected chi connectivity index (χ2v) is 8.42. The Labute approximate surface area is 166 Å². The van der Waals surface area contributed by atoms with Crippen molar-refractivity contribution in [2.24, 2.45) is 0 Å². The number of nitrogens with one attached hydrogen (secondary N) is 1. The van der Waals surface area contributed by atoms with Gasteiger partial charge in [-0.05, 0) is 38.7 Å². The Kier molecular flexibility index (Phi) is 4.96. The second-order valence-electron chi connectivity index (χ2n) is 7.11. The van der Waals surface area contributed by atoms with Crippen molar-refractivity contribution in [2.75, 3.05) is 12.4 Å². The van der Waals surface area contributed by atoms with E-state index >= 15 is 0 Å². The molecule has 2 aromatic rings. The number of nitro benzene ring substituents is 1. The number of benzene rings is 1. The SMILES string of the molecule is COc1ccc([N+](=O)[O-])cc1NC(=O)[C@@H](C)Sc1nnc(C2CC2)n1C1CC1. The van der Waals surface area contributed by atoms with E-state index in [1.165, 1.54) is 37.1 Å². The number of carbonyl (C=O) groups excluding carboxylic acids is 1.